The zero-order valence-electron chi connectivity index (χ0n) is 10.7. The van der Waals surface area contributed by atoms with Gasteiger partial charge in [0.2, 0.25) is 0 Å². The summed E-state index contributed by atoms with van der Waals surface area (Å²) in [4.78, 5) is 0.985. The molecule has 6 heteroatoms. The summed E-state index contributed by atoms with van der Waals surface area (Å²) in [7, 11) is 0. The first-order chi connectivity index (χ1) is 9.52. The van der Waals surface area contributed by atoms with Gasteiger partial charge in [0.15, 0.2) is 0 Å². The van der Waals surface area contributed by atoms with Gasteiger partial charge in [-0.2, -0.15) is 0 Å². The molecule has 0 amide bonds. The molecule has 0 radical (unpaired) electrons. The van der Waals surface area contributed by atoms with Gasteiger partial charge in [0.1, 0.15) is 17.5 Å². The third-order valence-corrected chi connectivity index (χ3v) is 4.87. The highest BCUT2D eigenvalue weighted by Crippen LogP contribution is 2.30. The van der Waals surface area contributed by atoms with Crippen molar-refractivity contribution in [3.8, 4) is 0 Å². The third-order valence-electron chi connectivity index (χ3n) is 2.92. The third kappa shape index (κ3) is 3.42. The molecule has 0 aliphatic carbocycles. The summed E-state index contributed by atoms with van der Waals surface area (Å²) < 4.78 is 41.7. The number of nitrogens with one attached hydrogen (secondary N) is 1. The Morgan fingerprint density at radius 2 is 1.90 bits per heavy atom. The summed E-state index contributed by atoms with van der Waals surface area (Å²) in [5, 5.41) is 4.95. The molecule has 108 valence electrons. The van der Waals surface area contributed by atoms with Crippen LogP contribution in [0.3, 0.4) is 0 Å². The summed E-state index contributed by atoms with van der Waals surface area (Å²) in [5.74, 6) is -2.63. The van der Waals surface area contributed by atoms with Crippen molar-refractivity contribution in [3.05, 3.63) is 55.9 Å². The fraction of sp³-hybridized carbons (Fsp3) is 0.286. The molecule has 1 nitrogen and oxygen atoms in total. The second-order valence-electron chi connectivity index (χ2n) is 4.29. The lowest BCUT2D eigenvalue weighted by Crippen LogP contribution is -2.25. The first kappa shape index (κ1) is 15.5. The van der Waals surface area contributed by atoms with Crippen LogP contribution >= 0.6 is 27.3 Å². The monoisotopic (exact) mass is 363 g/mol. The molecule has 1 aromatic carbocycles. The Kier molecular flexibility index (Phi) is 5.23. The van der Waals surface area contributed by atoms with Crippen LogP contribution < -0.4 is 5.32 Å². The van der Waals surface area contributed by atoms with Crippen molar-refractivity contribution in [2.75, 3.05) is 6.54 Å². The average molecular weight is 364 g/mol. The minimum Gasteiger partial charge on any atom is -0.310 e. The molecule has 1 atom stereocenters. The molecule has 1 aromatic heterocycles. The number of thiophene rings is 1. The standard InChI is InChI=1S/C14H13BrF3NS/c1-2-19-12(7-13-9(15)3-4-20-13)14-10(17)5-8(16)6-11(14)18/h3-6,12,19H,2,7H2,1H3. The first-order valence-corrected chi connectivity index (χ1v) is 7.79. The Morgan fingerprint density at radius 3 is 2.40 bits per heavy atom. The van der Waals surface area contributed by atoms with E-state index in [-0.39, 0.29) is 5.56 Å². The number of halogens is 4. The number of hydrogen-bond donors (Lipinski definition) is 1. The van der Waals surface area contributed by atoms with Crippen molar-refractivity contribution in [2.24, 2.45) is 0 Å². The van der Waals surface area contributed by atoms with E-state index in [2.05, 4.69) is 21.2 Å². The minimum absolute atomic E-state index is 0.117. The van der Waals surface area contributed by atoms with Crippen LogP contribution in [0.4, 0.5) is 13.2 Å². The highest BCUT2D eigenvalue weighted by atomic mass is 79.9. The van der Waals surface area contributed by atoms with Crippen LogP contribution in [0.1, 0.15) is 23.4 Å². The zero-order chi connectivity index (χ0) is 14.7. The van der Waals surface area contributed by atoms with Gasteiger partial charge >= 0.3 is 0 Å². The Hall–Kier alpha value is -0.850. The fourth-order valence-corrected chi connectivity index (χ4v) is 3.63. The van der Waals surface area contributed by atoms with Crippen LogP contribution in [0.15, 0.2) is 28.1 Å². The molecule has 0 aliphatic rings. The largest absolute Gasteiger partial charge is 0.310 e. The van der Waals surface area contributed by atoms with Crippen LogP contribution in [0, 0.1) is 17.5 Å². The van der Waals surface area contributed by atoms with Gasteiger partial charge in [0.05, 0.1) is 0 Å². The van der Waals surface area contributed by atoms with Gasteiger partial charge in [-0.15, -0.1) is 11.3 Å². The van der Waals surface area contributed by atoms with Gasteiger partial charge in [-0.05, 0) is 33.9 Å². The van der Waals surface area contributed by atoms with Crippen LogP contribution in [-0.2, 0) is 6.42 Å². The number of benzene rings is 1. The molecule has 1 N–H and O–H groups in total. The van der Waals surface area contributed by atoms with Gasteiger partial charge in [-0.1, -0.05) is 6.92 Å². The molecule has 0 bridgehead atoms. The molecule has 20 heavy (non-hydrogen) atoms. The maximum Gasteiger partial charge on any atom is 0.133 e. The summed E-state index contributed by atoms with van der Waals surface area (Å²) >= 11 is 4.91. The van der Waals surface area contributed by atoms with Gasteiger partial charge in [0, 0.05) is 39.5 Å². The van der Waals surface area contributed by atoms with E-state index < -0.39 is 23.5 Å². The van der Waals surface area contributed by atoms with E-state index in [9.17, 15) is 13.2 Å². The van der Waals surface area contributed by atoms with E-state index in [1.165, 1.54) is 11.3 Å². The van der Waals surface area contributed by atoms with E-state index in [0.717, 1.165) is 9.35 Å². The minimum atomic E-state index is -0.906. The highest BCUT2D eigenvalue weighted by Gasteiger charge is 2.22. The van der Waals surface area contributed by atoms with Gasteiger partial charge in [-0.3, -0.25) is 0 Å². The Morgan fingerprint density at radius 1 is 1.25 bits per heavy atom. The van der Waals surface area contributed by atoms with E-state index in [1.807, 2.05) is 18.4 Å². The lowest BCUT2D eigenvalue weighted by atomic mass is 10.0. The van der Waals surface area contributed by atoms with Crippen LogP contribution in [0.2, 0.25) is 0 Å². The molecule has 0 aliphatic heterocycles. The highest BCUT2D eigenvalue weighted by molar-refractivity contribution is 9.10. The fourth-order valence-electron chi connectivity index (χ4n) is 2.07. The summed E-state index contributed by atoms with van der Waals surface area (Å²) in [6.07, 6.45) is 0.436. The van der Waals surface area contributed by atoms with Crippen molar-refractivity contribution < 1.29 is 13.2 Å². The van der Waals surface area contributed by atoms with Crippen LogP contribution in [0.5, 0.6) is 0 Å². The predicted octanol–water partition coefficient (Wildman–Crippen LogP) is 4.82. The Labute approximate surface area is 128 Å². The quantitative estimate of drug-likeness (QED) is 0.802. The lowest BCUT2D eigenvalue weighted by Gasteiger charge is -2.19. The molecule has 0 spiro atoms. The predicted molar refractivity (Wildman–Crippen MR) is 78.5 cm³/mol. The van der Waals surface area contributed by atoms with Crippen molar-refractivity contribution in [1.29, 1.82) is 0 Å². The second kappa shape index (κ2) is 6.74. The molecule has 0 saturated heterocycles. The normalized spacial score (nSPS) is 12.7. The van der Waals surface area contributed by atoms with Crippen molar-refractivity contribution in [2.45, 2.75) is 19.4 Å². The van der Waals surface area contributed by atoms with E-state index in [0.29, 0.717) is 25.1 Å². The Bertz CT molecular complexity index is 577. The average Bonchev–Trinajstić information content (AvgIpc) is 2.74. The lowest BCUT2D eigenvalue weighted by molar-refractivity contribution is 0.463. The summed E-state index contributed by atoms with van der Waals surface area (Å²) in [6, 6.07) is 2.79. The van der Waals surface area contributed by atoms with Crippen molar-refractivity contribution in [1.82, 2.24) is 5.32 Å². The number of hydrogen-bond acceptors (Lipinski definition) is 2. The number of rotatable bonds is 5. The molecule has 1 unspecified atom stereocenters. The smallest absolute Gasteiger partial charge is 0.133 e. The maximum absolute atomic E-state index is 13.9. The maximum atomic E-state index is 13.9. The molecule has 0 fully saturated rings. The SMILES string of the molecule is CCNC(Cc1sccc1Br)c1c(F)cc(F)cc1F. The van der Waals surface area contributed by atoms with Crippen LogP contribution in [0.25, 0.3) is 0 Å². The first-order valence-electron chi connectivity index (χ1n) is 6.12. The van der Waals surface area contributed by atoms with Crippen molar-refractivity contribution >= 4 is 27.3 Å². The van der Waals surface area contributed by atoms with E-state index >= 15 is 0 Å². The Balaban J connectivity index is 2.36. The molecular weight excluding hydrogens is 351 g/mol. The topological polar surface area (TPSA) is 12.0 Å². The van der Waals surface area contributed by atoms with E-state index in [4.69, 9.17) is 0 Å². The summed E-state index contributed by atoms with van der Waals surface area (Å²) in [6.45, 7) is 2.42. The molecule has 0 saturated carbocycles. The van der Waals surface area contributed by atoms with E-state index in [1.54, 1.807) is 0 Å². The van der Waals surface area contributed by atoms with Crippen LogP contribution in [-0.4, -0.2) is 6.54 Å². The summed E-state index contributed by atoms with van der Waals surface area (Å²) in [5.41, 5.74) is -0.117. The van der Waals surface area contributed by atoms with Gasteiger partial charge < -0.3 is 5.32 Å². The van der Waals surface area contributed by atoms with Crippen molar-refractivity contribution in [3.63, 3.8) is 0 Å². The second-order valence-corrected chi connectivity index (χ2v) is 6.14. The zero-order valence-corrected chi connectivity index (χ0v) is 13.1. The van der Waals surface area contributed by atoms with Gasteiger partial charge in [-0.25, -0.2) is 13.2 Å². The molecule has 2 aromatic rings. The van der Waals surface area contributed by atoms with Gasteiger partial charge in [0.25, 0.3) is 0 Å². The molecule has 2 rings (SSSR count). The molecular formula is C14H13BrF3NS. The molecule has 1 heterocycles. The number of likely N-dealkylation sites (N-methyl/N-ethyl adjacent to an activating group) is 1.